The van der Waals surface area contributed by atoms with E-state index in [2.05, 4.69) is 0 Å². The molecule has 1 N–H and O–H groups in total. The molecule has 2 aliphatic heterocycles. The number of amides is 1. The first-order valence-corrected chi connectivity index (χ1v) is 9.65. The highest BCUT2D eigenvalue weighted by Crippen LogP contribution is 2.19. The van der Waals surface area contributed by atoms with Gasteiger partial charge in [-0.05, 0) is 24.3 Å². The number of aliphatic carboxylic acids is 1. The number of carbonyl (C=O) groups excluding carboxylic acids is 1. The predicted molar refractivity (Wildman–Crippen MR) is 89.3 cm³/mol. The summed E-state index contributed by atoms with van der Waals surface area (Å²) < 4.78 is 36.8. The van der Waals surface area contributed by atoms with Crippen molar-refractivity contribution >= 4 is 21.9 Å². The summed E-state index contributed by atoms with van der Waals surface area (Å²) in [6.45, 7) is 1.65. The van der Waals surface area contributed by atoms with Gasteiger partial charge in [-0.1, -0.05) is 0 Å². The molecular weight excluding hydrogens is 364 g/mol. The second-order valence-electron chi connectivity index (χ2n) is 5.97. The third-order valence-electron chi connectivity index (χ3n) is 4.38. The molecule has 2 fully saturated rings. The number of hydrogen-bond donors (Lipinski definition) is 1. The van der Waals surface area contributed by atoms with Gasteiger partial charge in [-0.3, -0.25) is 4.79 Å². The lowest BCUT2D eigenvalue weighted by molar-refractivity contribution is -0.147. The van der Waals surface area contributed by atoms with Crippen LogP contribution in [0.5, 0.6) is 0 Å². The molecule has 1 atom stereocenters. The van der Waals surface area contributed by atoms with Crippen LogP contribution in [-0.2, 0) is 24.3 Å². The largest absolute Gasteiger partial charge is 0.480 e. The zero-order valence-electron chi connectivity index (χ0n) is 14.0. The molecule has 1 amide bonds. The summed E-state index contributed by atoms with van der Waals surface area (Å²) in [5.74, 6) is -1.60. The summed E-state index contributed by atoms with van der Waals surface area (Å²) in [6, 6.07) is 4.50. The van der Waals surface area contributed by atoms with Crippen LogP contribution in [-0.4, -0.2) is 86.7 Å². The van der Waals surface area contributed by atoms with E-state index in [-0.39, 0.29) is 43.3 Å². The Balaban J connectivity index is 1.78. The van der Waals surface area contributed by atoms with E-state index >= 15 is 0 Å². The molecule has 0 spiro atoms. The van der Waals surface area contributed by atoms with Crippen molar-refractivity contribution < 1.29 is 32.6 Å². The first kappa shape index (κ1) is 18.8. The maximum Gasteiger partial charge on any atom is 0.328 e. The van der Waals surface area contributed by atoms with Crippen molar-refractivity contribution in [3.8, 4) is 0 Å². The zero-order valence-corrected chi connectivity index (χ0v) is 14.9. The van der Waals surface area contributed by atoms with Crippen LogP contribution in [0, 0.1) is 0 Å². The highest BCUT2D eigenvalue weighted by atomic mass is 32.2. The average Bonchev–Trinajstić information content (AvgIpc) is 2.68. The first-order chi connectivity index (χ1) is 12.4. The second kappa shape index (κ2) is 7.70. The zero-order chi connectivity index (χ0) is 18.7. The van der Waals surface area contributed by atoms with Crippen LogP contribution < -0.4 is 0 Å². The Labute approximate surface area is 151 Å². The smallest absolute Gasteiger partial charge is 0.328 e. The summed E-state index contributed by atoms with van der Waals surface area (Å²) in [5.41, 5.74) is 0.235. The molecule has 2 aliphatic rings. The number of rotatable bonds is 4. The van der Waals surface area contributed by atoms with Crippen LogP contribution in [0.4, 0.5) is 0 Å². The molecule has 26 heavy (non-hydrogen) atoms. The van der Waals surface area contributed by atoms with Crippen molar-refractivity contribution in [2.75, 3.05) is 46.1 Å². The minimum absolute atomic E-state index is 0.0649. The minimum Gasteiger partial charge on any atom is -0.480 e. The highest BCUT2D eigenvalue weighted by Gasteiger charge is 2.33. The number of morpholine rings is 2. The lowest BCUT2D eigenvalue weighted by Gasteiger charge is -2.33. The van der Waals surface area contributed by atoms with Crippen molar-refractivity contribution in [2.24, 2.45) is 0 Å². The quantitative estimate of drug-likeness (QED) is 0.754. The molecule has 0 aromatic heterocycles. The predicted octanol–water partition coefficient (Wildman–Crippen LogP) is -0.367. The van der Waals surface area contributed by atoms with Gasteiger partial charge in [-0.25, -0.2) is 13.2 Å². The Morgan fingerprint density at radius 2 is 1.62 bits per heavy atom. The topological polar surface area (TPSA) is 113 Å². The summed E-state index contributed by atoms with van der Waals surface area (Å²) in [5, 5.41) is 9.23. The van der Waals surface area contributed by atoms with Gasteiger partial charge in [0, 0.05) is 25.2 Å². The van der Waals surface area contributed by atoms with Crippen LogP contribution in [0.2, 0.25) is 0 Å². The van der Waals surface area contributed by atoms with Crippen LogP contribution in [0.1, 0.15) is 10.4 Å². The highest BCUT2D eigenvalue weighted by molar-refractivity contribution is 7.89. The number of nitrogens with zero attached hydrogens (tertiary/aromatic N) is 2. The summed E-state index contributed by atoms with van der Waals surface area (Å²) >= 11 is 0. The van der Waals surface area contributed by atoms with E-state index in [9.17, 15) is 23.1 Å². The summed E-state index contributed by atoms with van der Waals surface area (Å²) in [6.07, 6.45) is 0. The molecule has 0 aliphatic carbocycles. The molecule has 1 unspecified atom stereocenters. The van der Waals surface area contributed by atoms with Crippen LogP contribution in [0.3, 0.4) is 0 Å². The summed E-state index contributed by atoms with van der Waals surface area (Å²) in [7, 11) is -3.64. The van der Waals surface area contributed by atoms with Gasteiger partial charge in [0.2, 0.25) is 10.0 Å². The van der Waals surface area contributed by atoms with Crippen molar-refractivity contribution in [1.29, 1.82) is 0 Å². The lowest BCUT2D eigenvalue weighted by atomic mass is 10.1. The number of benzene rings is 1. The van der Waals surface area contributed by atoms with Crippen LogP contribution in [0.25, 0.3) is 0 Å². The molecule has 0 saturated carbocycles. The lowest BCUT2D eigenvalue weighted by Crippen LogP contribution is -2.52. The second-order valence-corrected chi connectivity index (χ2v) is 7.91. The first-order valence-electron chi connectivity index (χ1n) is 8.21. The molecule has 0 bridgehead atoms. The molecule has 3 rings (SSSR count). The van der Waals surface area contributed by atoms with Crippen molar-refractivity contribution in [1.82, 2.24) is 9.21 Å². The van der Waals surface area contributed by atoms with E-state index < -0.39 is 27.9 Å². The van der Waals surface area contributed by atoms with E-state index in [1.807, 2.05) is 0 Å². The van der Waals surface area contributed by atoms with Gasteiger partial charge in [0.25, 0.3) is 5.91 Å². The van der Waals surface area contributed by atoms with E-state index in [0.29, 0.717) is 13.2 Å². The molecule has 2 heterocycles. The van der Waals surface area contributed by atoms with Crippen LogP contribution in [0.15, 0.2) is 29.2 Å². The number of carbonyl (C=O) groups is 2. The Morgan fingerprint density at radius 3 is 2.23 bits per heavy atom. The summed E-state index contributed by atoms with van der Waals surface area (Å²) in [4.78, 5) is 25.2. The Bertz CT molecular complexity index is 772. The number of ether oxygens (including phenoxy) is 2. The van der Waals surface area contributed by atoms with Gasteiger partial charge in [0.05, 0.1) is 31.3 Å². The molecule has 142 valence electrons. The Hall–Kier alpha value is -2.01. The fourth-order valence-corrected chi connectivity index (χ4v) is 4.33. The van der Waals surface area contributed by atoms with Crippen LogP contribution >= 0.6 is 0 Å². The van der Waals surface area contributed by atoms with Gasteiger partial charge in [0.15, 0.2) is 6.04 Å². The monoisotopic (exact) mass is 384 g/mol. The third-order valence-corrected chi connectivity index (χ3v) is 6.30. The number of carboxylic acid groups (broad SMARTS) is 1. The Kier molecular flexibility index (Phi) is 5.56. The van der Waals surface area contributed by atoms with E-state index in [4.69, 9.17) is 9.47 Å². The maximum atomic E-state index is 12.6. The molecule has 1 aromatic carbocycles. The van der Waals surface area contributed by atoms with Gasteiger partial charge >= 0.3 is 5.97 Å². The molecule has 10 heteroatoms. The molecular formula is C16H20N2O7S. The number of sulfonamides is 1. The Morgan fingerprint density at radius 1 is 1.00 bits per heavy atom. The molecule has 0 radical (unpaired) electrons. The SMILES string of the molecule is O=C(O)C1COCCN1C(=O)c1ccc(S(=O)(=O)N2CCOCC2)cc1. The van der Waals surface area contributed by atoms with Crippen molar-refractivity contribution in [3.63, 3.8) is 0 Å². The van der Waals surface area contributed by atoms with Gasteiger partial charge in [-0.2, -0.15) is 4.31 Å². The van der Waals surface area contributed by atoms with Gasteiger partial charge in [0.1, 0.15) is 0 Å². The molecule has 2 saturated heterocycles. The fraction of sp³-hybridized carbons (Fsp3) is 0.500. The van der Waals surface area contributed by atoms with Gasteiger partial charge in [-0.15, -0.1) is 0 Å². The molecule has 1 aromatic rings. The minimum atomic E-state index is -3.64. The van der Waals surface area contributed by atoms with Gasteiger partial charge < -0.3 is 19.5 Å². The van der Waals surface area contributed by atoms with Crippen molar-refractivity contribution in [3.05, 3.63) is 29.8 Å². The third kappa shape index (κ3) is 3.73. The number of hydrogen-bond acceptors (Lipinski definition) is 6. The van der Waals surface area contributed by atoms with E-state index in [0.717, 1.165) is 0 Å². The fourth-order valence-electron chi connectivity index (χ4n) is 2.92. The average molecular weight is 384 g/mol. The van der Waals surface area contributed by atoms with Crippen molar-refractivity contribution in [2.45, 2.75) is 10.9 Å². The number of carboxylic acids is 1. The van der Waals surface area contributed by atoms with E-state index in [1.165, 1.54) is 33.5 Å². The van der Waals surface area contributed by atoms with E-state index in [1.54, 1.807) is 0 Å². The maximum absolute atomic E-state index is 12.6. The molecule has 9 nitrogen and oxygen atoms in total. The normalized spacial score (nSPS) is 22.2. The standard InChI is InChI=1S/C16H20N2O7S/c19-15(18-7-10-25-11-14(18)16(20)21)12-1-3-13(4-2-12)26(22,23)17-5-8-24-9-6-17/h1-4,14H,5-11H2,(H,20,21).